The average molecular weight is 261 g/mol. The second-order valence-electron chi connectivity index (χ2n) is 6.28. The Hall–Kier alpha value is -0.930. The minimum atomic E-state index is 0.155. The van der Waals surface area contributed by atoms with Gasteiger partial charge < -0.3 is 10.6 Å². The largest absolute Gasteiger partial charge is 0.317 e. The van der Waals surface area contributed by atoms with E-state index in [4.69, 9.17) is 0 Å². The number of aromatic nitrogens is 1. The molecule has 1 saturated heterocycles. The van der Waals surface area contributed by atoms with Crippen molar-refractivity contribution in [2.45, 2.75) is 38.5 Å². The van der Waals surface area contributed by atoms with Crippen molar-refractivity contribution < 1.29 is 0 Å². The summed E-state index contributed by atoms with van der Waals surface area (Å²) in [6.07, 6.45) is 7.81. The molecule has 0 spiro atoms. The highest BCUT2D eigenvalue weighted by molar-refractivity contribution is 5.19. The maximum absolute atomic E-state index is 4.22. The van der Waals surface area contributed by atoms with Crippen LogP contribution in [0.25, 0.3) is 0 Å². The summed E-state index contributed by atoms with van der Waals surface area (Å²) in [5.74, 6) is 0.912. The Balaban J connectivity index is 1.69. The lowest BCUT2D eigenvalue weighted by Gasteiger charge is -2.27. The average Bonchev–Trinajstić information content (AvgIpc) is 2.46. The fourth-order valence-corrected chi connectivity index (χ4v) is 2.74. The molecule has 2 rings (SSSR count). The number of piperidine rings is 1. The topological polar surface area (TPSA) is 37.0 Å². The Morgan fingerprint density at radius 2 is 2.16 bits per heavy atom. The summed E-state index contributed by atoms with van der Waals surface area (Å²) < 4.78 is 0. The van der Waals surface area contributed by atoms with Crippen LogP contribution in [0.2, 0.25) is 0 Å². The quantitative estimate of drug-likeness (QED) is 0.772. The van der Waals surface area contributed by atoms with E-state index < -0.39 is 0 Å². The predicted octanol–water partition coefficient (Wildman–Crippen LogP) is 2.34. The Morgan fingerprint density at radius 3 is 2.84 bits per heavy atom. The van der Waals surface area contributed by atoms with Crippen molar-refractivity contribution in [1.29, 1.82) is 0 Å². The lowest BCUT2D eigenvalue weighted by Crippen LogP contribution is -2.35. The van der Waals surface area contributed by atoms with Gasteiger partial charge in [-0.1, -0.05) is 19.9 Å². The van der Waals surface area contributed by atoms with Crippen LogP contribution in [0.15, 0.2) is 24.5 Å². The number of nitrogens with zero attached hydrogens (tertiary/aromatic N) is 1. The molecule has 2 heterocycles. The summed E-state index contributed by atoms with van der Waals surface area (Å²) in [5.41, 5.74) is 1.46. The molecule has 1 aliphatic rings. The van der Waals surface area contributed by atoms with E-state index in [9.17, 15) is 0 Å². The van der Waals surface area contributed by atoms with Gasteiger partial charge in [0.1, 0.15) is 0 Å². The van der Waals surface area contributed by atoms with E-state index in [-0.39, 0.29) is 5.41 Å². The summed E-state index contributed by atoms with van der Waals surface area (Å²) in [4.78, 5) is 4.22. The summed E-state index contributed by atoms with van der Waals surface area (Å²) in [6, 6.07) is 4.19. The van der Waals surface area contributed by atoms with Gasteiger partial charge in [0.05, 0.1) is 0 Å². The van der Waals surface area contributed by atoms with E-state index in [1.807, 2.05) is 18.5 Å². The highest BCUT2D eigenvalue weighted by Crippen LogP contribution is 2.21. The molecule has 1 aliphatic heterocycles. The second-order valence-corrected chi connectivity index (χ2v) is 6.28. The summed E-state index contributed by atoms with van der Waals surface area (Å²) in [7, 11) is 0. The van der Waals surface area contributed by atoms with E-state index >= 15 is 0 Å². The van der Waals surface area contributed by atoms with Crippen LogP contribution >= 0.6 is 0 Å². The van der Waals surface area contributed by atoms with Crippen LogP contribution in [0.4, 0.5) is 0 Å². The molecule has 106 valence electrons. The van der Waals surface area contributed by atoms with Crippen LogP contribution < -0.4 is 10.6 Å². The second kappa shape index (κ2) is 7.01. The van der Waals surface area contributed by atoms with Gasteiger partial charge in [-0.2, -0.15) is 0 Å². The van der Waals surface area contributed by atoms with Crippen LogP contribution in [-0.2, 0) is 5.41 Å². The molecule has 3 nitrogen and oxygen atoms in total. The van der Waals surface area contributed by atoms with Gasteiger partial charge in [-0.05, 0) is 56.4 Å². The van der Waals surface area contributed by atoms with E-state index in [0.29, 0.717) is 0 Å². The van der Waals surface area contributed by atoms with E-state index in [0.717, 1.165) is 19.0 Å². The third-order valence-electron chi connectivity index (χ3n) is 4.20. The van der Waals surface area contributed by atoms with Gasteiger partial charge in [0, 0.05) is 24.4 Å². The summed E-state index contributed by atoms with van der Waals surface area (Å²) in [5, 5.41) is 7.05. The zero-order valence-corrected chi connectivity index (χ0v) is 12.3. The fourth-order valence-electron chi connectivity index (χ4n) is 2.74. The van der Waals surface area contributed by atoms with Crippen molar-refractivity contribution in [3.8, 4) is 0 Å². The monoisotopic (exact) mass is 261 g/mol. The van der Waals surface area contributed by atoms with Gasteiger partial charge in [-0.15, -0.1) is 0 Å². The van der Waals surface area contributed by atoms with Crippen molar-refractivity contribution in [1.82, 2.24) is 15.6 Å². The number of hydrogen-bond acceptors (Lipinski definition) is 3. The van der Waals surface area contributed by atoms with Crippen LogP contribution in [0.5, 0.6) is 0 Å². The lowest BCUT2D eigenvalue weighted by atomic mass is 9.85. The summed E-state index contributed by atoms with van der Waals surface area (Å²) in [6.45, 7) is 9.11. The SMILES string of the molecule is CC(C)(CNCCC1CCNCC1)c1cccnc1. The Labute approximate surface area is 117 Å². The Morgan fingerprint density at radius 1 is 1.37 bits per heavy atom. The van der Waals surface area contributed by atoms with E-state index in [1.165, 1.54) is 37.9 Å². The molecule has 0 bridgehead atoms. The van der Waals surface area contributed by atoms with Crippen LogP contribution in [-0.4, -0.2) is 31.2 Å². The van der Waals surface area contributed by atoms with Gasteiger partial charge in [-0.3, -0.25) is 4.98 Å². The van der Waals surface area contributed by atoms with Crippen molar-refractivity contribution in [2.24, 2.45) is 5.92 Å². The van der Waals surface area contributed by atoms with Crippen LogP contribution in [0.3, 0.4) is 0 Å². The minimum absolute atomic E-state index is 0.155. The number of nitrogens with one attached hydrogen (secondary N) is 2. The molecular weight excluding hydrogens is 234 g/mol. The van der Waals surface area contributed by atoms with Crippen molar-refractivity contribution in [2.75, 3.05) is 26.2 Å². The molecule has 2 N–H and O–H groups in total. The Kier molecular flexibility index (Phi) is 5.34. The first-order valence-electron chi connectivity index (χ1n) is 7.50. The first kappa shape index (κ1) is 14.5. The highest BCUT2D eigenvalue weighted by atomic mass is 14.9. The van der Waals surface area contributed by atoms with Gasteiger partial charge in [0.2, 0.25) is 0 Å². The molecule has 0 aromatic carbocycles. The number of hydrogen-bond donors (Lipinski definition) is 2. The molecule has 0 atom stereocenters. The van der Waals surface area contributed by atoms with Crippen LogP contribution in [0.1, 0.15) is 38.7 Å². The predicted molar refractivity (Wildman–Crippen MR) is 80.3 cm³/mol. The number of rotatable bonds is 6. The lowest BCUT2D eigenvalue weighted by molar-refractivity contribution is 0.342. The molecule has 0 saturated carbocycles. The molecule has 3 heteroatoms. The van der Waals surface area contributed by atoms with Crippen molar-refractivity contribution >= 4 is 0 Å². The maximum Gasteiger partial charge on any atom is 0.0305 e. The van der Waals surface area contributed by atoms with Crippen molar-refractivity contribution in [3.63, 3.8) is 0 Å². The smallest absolute Gasteiger partial charge is 0.0305 e. The molecule has 0 amide bonds. The van der Waals surface area contributed by atoms with Gasteiger partial charge in [0.25, 0.3) is 0 Å². The van der Waals surface area contributed by atoms with Gasteiger partial charge in [0.15, 0.2) is 0 Å². The zero-order valence-electron chi connectivity index (χ0n) is 12.3. The Bertz CT molecular complexity index is 356. The molecule has 1 aromatic heterocycles. The molecule has 0 radical (unpaired) electrons. The molecule has 19 heavy (non-hydrogen) atoms. The fraction of sp³-hybridized carbons (Fsp3) is 0.688. The highest BCUT2D eigenvalue weighted by Gasteiger charge is 2.20. The van der Waals surface area contributed by atoms with E-state index in [1.54, 1.807) is 0 Å². The first-order valence-corrected chi connectivity index (χ1v) is 7.50. The molecule has 1 aromatic rings. The van der Waals surface area contributed by atoms with E-state index in [2.05, 4.69) is 35.5 Å². The van der Waals surface area contributed by atoms with Crippen molar-refractivity contribution in [3.05, 3.63) is 30.1 Å². The third-order valence-corrected chi connectivity index (χ3v) is 4.20. The zero-order chi connectivity index (χ0) is 13.6. The molecular formula is C16H27N3. The normalized spacial score (nSPS) is 17.6. The maximum atomic E-state index is 4.22. The summed E-state index contributed by atoms with van der Waals surface area (Å²) >= 11 is 0. The minimum Gasteiger partial charge on any atom is -0.317 e. The first-order chi connectivity index (χ1) is 9.18. The van der Waals surface area contributed by atoms with Gasteiger partial charge >= 0.3 is 0 Å². The standard InChI is InChI=1S/C16H27N3/c1-16(2,15-4-3-8-18-12-15)13-19-11-7-14-5-9-17-10-6-14/h3-4,8,12,14,17,19H,5-7,9-11,13H2,1-2H3. The molecule has 0 unspecified atom stereocenters. The van der Waals surface area contributed by atoms with Crippen LogP contribution in [0, 0.1) is 5.92 Å². The third kappa shape index (κ3) is 4.59. The number of pyridine rings is 1. The molecule has 1 fully saturated rings. The molecule has 0 aliphatic carbocycles. The van der Waals surface area contributed by atoms with Gasteiger partial charge in [-0.25, -0.2) is 0 Å².